The van der Waals surface area contributed by atoms with Crippen LogP contribution in [0.3, 0.4) is 0 Å². The van der Waals surface area contributed by atoms with E-state index >= 15 is 0 Å². The molecule has 1 saturated carbocycles. The van der Waals surface area contributed by atoms with Crippen molar-refractivity contribution in [3.8, 4) is 22.6 Å². The first-order valence-corrected chi connectivity index (χ1v) is 9.11. The number of aromatic amines is 1. The van der Waals surface area contributed by atoms with Gasteiger partial charge in [0.1, 0.15) is 22.8 Å². The van der Waals surface area contributed by atoms with Gasteiger partial charge in [-0.15, -0.1) is 0 Å². The molecule has 1 aliphatic carbocycles. The summed E-state index contributed by atoms with van der Waals surface area (Å²) >= 11 is 0. The van der Waals surface area contributed by atoms with E-state index in [1.54, 1.807) is 30.0 Å². The number of nitrogens with zero attached hydrogens (tertiary/aromatic N) is 6. The summed E-state index contributed by atoms with van der Waals surface area (Å²) in [6.07, 6.45) is 8.88. The predicted molar refractivity (Wildman–Crippen MR) is 102 cm³/mol. The van der Waals surface area contributed by atoms with E-state index in [1.165, 1.54) is 6.42 Å². The molecular formula is C18H19N9O. The standard InChI is InChI=1S/C18H19N9O/c1-20-18(28)13-7-12(23-24-13)14-9-27-15(5-6-21-27)16(22-14)11-8-26(25-17(11)19)10-3-2-4-10/h5-10H,2-4H2,1H3,(H2,19,25)(H,20,28)(H,23,24). The predicted octanol–water partition coefficient (Wildman–Crippen LogP) is 1.65. The molecule has 4 N–H and O–H groups in total. The van der Waals surface area contributed by atoms with E-state index < -0.39 is 0 Å². The SMILES string of the molecule is CNC(=O)c1cc(-c2cn3nccc3c(-c3cn(C4CCC4)nc3N)n2)n[nH]1. The molecule has 4 aromatic rings. The number of fused-ring (bicyclic) bond motifs is 1. The first kappa shape index (κ1) is 16.5. The molecule has 0 atom stereocenters. The second-order valence-electron chi connectivity index (χ2n) is 6.87. The van der Waals surface area contributed by atoms with E-state index in [4.69, 9.17) is 10.7 Å². The van der Waals surface area contributed by atoms with E-state index in [0.29, 0.717) is 34.6 Å². The highest BCUT2D eigenvalue weighted by atomic mass is 16.1. The third-order valence-corrected chi connectivity index (χ3v) is 5.17. The van der Waals surface area contributed by atoms with Gasteiger partial charge in [-0.2, -0.15) is 15.3 Å². The molecule has 10 nitrogen and oxygen atoms in total. The zero-order chi connectivity index (χ0) is 19.3. The summed E-state index contributed by atoms with van der Waals surface area (Å²) in [5, 5.41) is 18.3. The number of carbonyl (C=O) groups excluding carboxylic acids is 1. The number of aromatic nitrogens is 7. The van der Waals surface area contributed by atoms with Gasteiger partial charge in [0.05, 0.1) is 29.5 Å². The van der Waals surface area contributed by atoms with E-state index in [-0.39, 0.29) is 5.91 Å². The summed E-state index contributed by atoms with van der Waals surface area (Å²) in [5.41, 5.74) is 9.98. The fourth-order valence-corrected chi connectivity index (χ4v) is 3.38. The molecule has 0 aliphatic heterocycles. The van der Waals surface area contributed by atoms with Crippen LogP contribution in [0.4, 0.5) is 5.82 Å². The molecule has 1 aliphatic rings. The molecule has 5 rings (SSSR count). The molecule has 0 unspecified atom stereocenters. The normalized spacial score (nSPS) is 14.3. The Bertz CT molecular complexity index is 1180. The lowest BCUT2D eigenvalue weighted by Crippen LogP contribution is -2.17. The number of hydrogen-bond donors (Lipinski definition) is 3. The number of H-pyrrole nitrogens is 1. The number of rotatable bonds is 4. The number of nitrogen functional groups attached to an aromatic ring is 1. The Labute approximate surface area is 159 Å². The number of anilines is 1. The van der Waals surface area contributed by atoms with Crippen LogP contribution in [-0.4, -0.2) is 47.5 Å². The highest BCUT2D eigenvalue weighted by Crippen LogP contribution is 2.35. The van der Waals surface area contributed by atoms with Gasteiger partial charge in [-0.05, 0) is 31.4 Å². The molecular weight excluding hydrogens is 358 g/mol. The summed E-state index contributed by atoms with van der Waals surface area (Å²) in [4.78, 5) is 16.6. The summed E-state index contributed by atoms with van der Waals surface area (Å²) < 4.78 is 3.67. The van der Waals surface area contributed by atoms with Gasteiger partial charge in [-0.25, -0.2) is 9.50 Å². The van der Waals surface area contributed by atoms with Crippen molar-refractivity contribution in [2.24, 2.45) is 0 Å². The Balaban J connectivity index is 1.63. The maximum absolute atomic E-state index is 11.8. The van der Waals surface area contributed by atoms with Crippen molar-refractivity contribution in [1.82, 2.24) is 39.9 Å². The Morgan fingerprint density at radius 1 is 1.32 bits per heavy atom. The van der Waals surface area contributed by atoms with Gasteiger partial charge in [0.25, 0.3) is 5.91 Å². The first-order chi connectivity index (χ1) is 13.6. The van der Waals surface area contributed by atoms with Crippen molar-refractivity contribution in [1.29, 1.82) is 0 Å². The Morgan fingerprint density at radius 3 is 2.93 bits per heavy atom. The van der Waals surface area contributed by atoms with Crippen molar-refractivity contribution in [2.75, 3.05) is 12.8 Å². The van der Waals surface area contributed by atoms with Crippen molar-refractivity contribution >= 4 is 17.2 Å². The minimum atomic E-state index is -0.245. The van der Waals surface area contributed by atoms with Gasteiger partial charge >= 0.3 is 0 Å². The highest BCUT2D eigenvalue weighted by molar-refractivity contribution is 5.93. The lowest BCUT2D eigenvalue weighted by atomic mass is 9.93. The van der Waals surface area contributed by atoms with Crippen molar-refractivity contribution in [2.45, 2.75) is 25.3 Å². The van der Waals surface area contributed by atoms with Crippen LogP contribution in [0.1, 0.15) is 35.8 Å². The van der Waals surface area contributed by atoms with Gasteiger partial charge in [-0.1, -0.05) is 0 Å². The van der Waals surface area contributed by atoms with E-state index in [1.807, 2.05) is 16.9 Å². The zero-order valence-corrected chi connectivity index (χ0v) is 15.3. The van der Waals surface area contributed by atoms with Crippen LogP contribution in [0.2, 0.25) is 0 Å². The molecule has 1 fully saturated rings. The van der Waals surface area contributed by atoms with Crippen LogP contribution in [-0.2, 0) is 0 Å². The van der Waals surface area contributed by atoms with E-state index in [0.717, 1.165) is 23.9 Å². The van der Waals surface area contributed by atoms with Gasteiger partial charge in [0, 0.05) is 13.2 Å². The van der Waals surface area contributed by atoms with Crippen LogP contribution in [0, 0.1) is 0 Å². The fraction of sp³-hybridized carbons (Fsp3) is 0.278. The zero-order valence-electron chi connectivity index (χ0n) is 15.3. The number of hydrogen-bond acceptors (Lipinski definition) is 6. The summed E-state index contributed by atoms with van der Waals surface area (Å²) in [5.74, 6) is 0.192. The average Bonchev–Trinajstić information content (AvgIpc) is 3.38. The molecule has 4 heterocycles. The molecule has 0 bridgehead atoms. The van der Waals surface area contributed by atoms with Gasteiger partial charge < -0.3 is 11.1 Å². The topological polar surface area (TPSA) is 132 Å². The van der Waals surface area contributed by atoms with Crippen LogP contribution in [0.5, 0.6) is 0 Å². The van der Waals surface area contributed by atoms with Crippen LogP contribution in [0.15, 0.2) is 30.7 Å². The maximum Gasteiger partial charge on any atom is 0.269 e. The number of carbonyl (C=O) groups is 1. The molecule has 0 radical (unpaired) electrons. The molecule has 4 aromatic heterocycles. The third kappa shape index (κ3) is 2.53. The lowest BCUT2D eigenvalue weighted by molar-refractivity contribution is 0.0958. The van der Waals surface area contributed by atoms with Crippen molar-refractivity contribution in [3.05, 3.63) is 36.4 Å². The van der Waals surface area contributed by atoms with Crippen LogP contribution in [0.25, 0.3) is 28.2 Å². The summed E-state index contributed by atoms with van der Waals surface area (Å²) in [7, 11) is 1.57. The average molecular weight is 377 g/mol. The lowest BCUT2D eigenvalue weighted by Gasteiger charge is -2.25. The minimum absolute atomic E-state index is 0.245. The van der Waals surface area contributed by atoms with E-state index in [2.05, 4.69) is 25.7 Å². The van der Waals surface area contributed by atoms with Crippen molar-refractivity contribution < 1.29 is 4.79 Å². The number of amides is 1. The second kappa shape index (κ2) is 6.19. The number of nitrogens with two attached hydrogens (primary N) is 1. The largest absolute Gasteiger partial charge is 0.382 e. The molecule has 1 amide bonds. The molecule has 28 heavy (non-hydrogen) atoms. The minimum Gasteiger partial charge on any atom is -0.382 e. The van der Waals surface area contributed by atoms with Gasteiger partial charge in [0.15, 0.2) is 5.82 Å². The maximum atomic E-state index is 11.8. The molecule has 142 valence electrons. The van der Waals surface area contributed by atoms with Gasteiger partial charge in [-0.3, -0.25) is 14.6 Å². The Kier molecular flexibility index (Phi) is 3.64. The monoisotopic (exact) mass is 377 g/mol. The van der Waals surface area contributed by atoms with Gasteiger partial charge in [0.2, 0.25) is 0 Å². The summed E-state index contributed by atoms with van der Waals surface area (Å²) in [6.45, 7) is 0. The molecule has 10 heteroatoms. The smallest absolute Gasteiger partial charge is 0.269 e. The Morgan fingerprint density at radius 2 is 2.18 bits per heavy atom. The van der Waals surface area contributed by atoms with Crippen LogP contribution < -0.4 is 11.1 Å². The van der Waals surface area contributed by atoms with Crippen LogP contribution >= 0.6 is 0 Å². The Hall–Kier alpha value is -3.69. The summed E-state index contributed by atoms with van der Waals surface area (Å²) in [6, 6.07) is 3.94. The third-order valence-electron chi connectivity index (χ3n) is 5.17. The quantitative estimate of drug-likeness (QED) is 0.495. The second-order valence-corrected chi connectivity index (χ2v) is 6.87. The molecule has 0 spiro atoms. The van der Waals surface area contributed by atoms with E-state index in [9.17, 15) is 4.79 Å². The molecule has 0 aromatic carbocycles. The fourth-order valence-electron chi connectivity index (χ4n) is 3.38. The number of nitrogens with one attached hydrogen (secondary N) is 2. The highest BCUT2D eigenvalue weighted by Gasteiger charge is 2.23. The first-order valence-electron chi connectivity index (χ1n) is 9.11. The van der Waals surface area contributed by atoms with Crippen molar-refractivity contribution in [3.63, 3.8) is 0 Å². The molecule has 0 saturated heterocycles.